The molecule has 2 N–H and O–H groups in total. The lowest BCUT2D eigenvalue weighted by atomic mass is 9.77. The lowest BCUT2D eigenvalue weighted by molar-refractivity contribution is 0.0320. The van der Waals surface area contributed by atoms with Crippen LogP contribution in [-0.2, 0) is 12.8 Å². The number of nitrogens with zero attached hydrogens (tertiary/aromatic N) is 1. The first-order chi connectivity index (χ1) is 9.76. The summed E-state index contributed by atoms with van der Waals surface area (Å²) < 4.78 is 0. The highest BCUT2D eigenvalue weighted by atomic mass is 15.2. The Kier molecular flexibility index (Phi) is 3.87. The number of nitrogens with two attached hydrogens (primary N) is 1. The van der Waals surface area contributed by atoms with Crippen molar-refractivity contribution in [3.05, 3.63) is 35.4 Å². The Morgan fingerprint density at radius 1 is 1.05 bits per heavy atom. The molecule has 2 atom stereocenters. The average Bonchev–Trinajstić information content (AvgIpc) is 2.72. The van der Waals surface area contributed by atoms with Crippen LogP contribution in [0.3, 0.4) is 0 Å². The van der Waals surface area contributed by atoms with Gasteiger partial charge in [0.2, 0.25) is 0 Å². The molecule has 2 aliphatic carbocycles. The van der Waals surface area contributed by atoms with E-state index in [0.29, 0.717) is 0 Å². The molecule has 2 heteroatoms. The maximum absolute atomic E-state index is 6.37. The molecule has 2 bridgehead atoms. The highest BCUT2D eigenvalue weighted by Gasteiger charge is 2.53. The van der Waals surface area contributed by atoms with Crippen LogP contribution >= 0.6 is 0 Å². The maximum Gasteiger partial charge on any atom is 0.0393 e. The lowest BCUT2D eigenvalue weighted by Gasteiger charge is -2.47. The third-order valence-corrected chi connectivity index (χ3v) is 6.01. The zero-order valence-corrected chi connectivity index (χ0v) is 12.9. The molecular weight excluding hydrogens is 244 g/mol. The van der Waals surface area contributed by atoms with Gasteiger partial charge in [-0.1, -0.05) is 38.1 Å². The van der Waals surface area contributed by atoms with Crippen LogP contribution in [0.4, 0.5) is 0 Å². The summed E-state index contributed by atoms with van der Waals surface area (Å²) in [5.41, 5.74) is 9.76. The molecule has 1 aromatic carbocycles. The highest BCUT2D eigenvalue weighted by Crippen LogP contribution is 2.49. The zero-order valence-electron chi connectivity index (χ0n) is 12.9. The second kappa shape index (κ2) is 5.50. The molecule has 0 aromatic heterocycles. The summed E-state index contributed by atoms with van der Waals surface area (Å²) >= 11 is 0. The van der Waals surface area contributed by atoms with Crippen LogP contribution in [0.15, 0.2) is 24.3 Å². The van der Waals surface area contributed by atoms with Crippen LogP contribution < -0.4 is 5.73 Å². The number of hydrogen-bond donors (Lipinski definition) is 1. The molecule has 2 nitrogen and oxygen atoms in total. The summed E-state index contributed by atoms with van der Waals surface area (Å²) in [6, 6.07) is 9.05. The Morgan fingerprint density at radius 3 is 1.95 bits per heavy atom. The maximum atomic E-state index is 6.37. The number of fused-ring (bicyclic) bond motifs is 3. The van der Waals surface area contributed by atoms with E-state index in [9.17, 15) is 0 Å². The Hall–Kier alpha value is -0.860. The van der Waals surface area contributed by atoms with Crippen LogP contribution in [0.5, 0.6) is 0 Å². The van der Waals surface area contributed by atoms with Gasteiger partial charge in [0.05, 0.1) is 0 Å². The molecule has 1 fully saturated rings. The lowest BCUT2D eigenvalue weighted by Crippen LogP contribution is -2.60. The van der Waals surface area contributed by atoms with Crippen LogP contribution in [0.2, 0.25) is 0 Å². The van der Waals surface area contributed by atoms with Gasteiger partial charge in [-0.25, -0.2) is 0 Å². The van der Waals surface area contributed by atoms with E-state index in [4.69, 9.17) is 5.73 Å². The average molecular weight is 272 g/mol. The molecule has 2 unspecified atom stereocenters. The summed E-state index contributed by atoms with van der Waals surface area (Å²) in [6.07, 6.45) is 5.15. The molecule has 2 aliphatic rings. The number of benzene rings is 1. The van der Waals surface area contributed by atoms with Crippen molar-refractivity contribution in [3.8, 4) is 0 Å². The molecule has 110 valence electrons. The summed E-state index contributed by atoms with van der Waals surface area (Å²) in [7, 11) is 0. The standard InChI is InChI=1S/C18H28N2/c1-3-20(4-2)18(13-19)16-9-10-17(18)12-15-8-6-5-7-14(15)11-16/h5-8,16-17H,3-4,9-13,19H2,1-2H3. The predicted molar refractivity (Wildman–Crippen MR) is 84.8 cm³/mol. The van der Waals surface area contributed by atoms with Gasteiger partial charge in [0.1, 0.15) is 0 Å². The summed E-state index contributed by atoms with van der Waals surface area (Å²) in [5.74, 6) is 1.47. The van der Waals surface area contributed by atoms with E-state index in [1.807, 2.05) is 0 Å². The van der Waals surface area contributed by atoms with Gasteiger partial charge in [0.25, 0.3) is 0 Å². The van der Waals surface area contributed by atoms with Gasteiger partial charge in [0.15, 0.2) is 0 Å². The van der Waals surface area contributed by atoms with Gasteiger partial charge < -0.3 is 5.73 Å². The highest BCUT2D eigenvalue weighted by molar-refractivity contribution is 5.32. The quantitative estimate of drug-likeness (QED) is 0.913. The first-order valence-electron chi connectivity index (χ1n) is 8.28. The van der Waals surface area contributed by atoms with Crippen molar-refractivity contribution >= 4 is 0 Å². The smallest absolute Gasteiger partial charge is 0.0393 e. The molecule has 20 heavy (non-hydrogen) atoms. The van der Waals surface area contributed by atoms with E-state index in [-0.39, 0.29) is 5.54 Å². The van der Waals surface area contributed by atoms with Crippen molar-refractivity contribution in [3.63, 3.8) is 0 Å². The minimum absolute atomic E-state index is 0.239. The predicted octanol–water partition coefficient (Wildman–Crippen LogP) is 2.85. The topological polar surface area (TPSA) is 29.3 Å². The van der Waals surface area contributed by atoms with Crippen molar-refractivity contribution in [2.45, 2.75) is 45.1 Å². The molecule has 0 spiro atoms. The van der Waals surface area contributed by atoms with Crippen molar-refractivity contribution in [2.24, 2.45) is 17.6 Å². The first-order valence-corrected chi connectivity index (χ1v) is 8.28. The van der Waals surface area contributed by atoms with E-state index in [1.54, 1.807) is 11.1 Å². The number of rotatable bonds is 4. The third-order valence-electron chi connectivity index (χ3n) is 6.01. The van der Waals surface area contributed by atoms with Crippen LogP contribution in [0.1, 0.15) is 37.8 Å². The largest absolute Gasteiger partial charge is 0.329 e. The Balaban J connectivity index is 2.02. The normalized spacial score (nSPS) is 32.2. The van der Waals surface area contributed by atoms with Crippen LogP contribution in [0.25, 0.3) is 0 Å². The second-order valence-corrected chi connectivity index (χ2v) is 6.52. The second-order valence-electron chi connectivity index (χ2n) is 6.52. The fourth-order valence-electron chi connectivity index (χ4n) is 5.07. The Bertz CT molecular complexity index is 431. The van der Waals surface area contributed by atoms with Crippen molar-refractivity contribution in [1.29, 1.82) is 0 Å². The third kappa shape index (κ3) is 1.93. The Morgan fingerprint density at radius 2 is 1.55 bits per heavy atom. The zero-order chi connectivity index (χ0) is 14.2. The van der Waals surface area contributed by atoms with Gasteiger partial charge in [-0.2, -0.15) is 0 Å². The van der Waals surface area contributed by atoms with E-state index in [0.717, 1.165) is 31.5 Å². The molecule has 0 aliphatic heterocycles. The minimum Gasteiger partial charge on any atom is -0.329 e. The fraction of sp³-hybridized carbons (Fsp3) is 0.667. The van der Waals surface area contributed by atoms with Crippen molar-refractivity contribution in [1.82, 2.24) is 4.90 Å². The van der Waals surface area contributed by atoms with Crippen molar-refractivity contribution in [2.75, 3.05) is 19.6 Å². The molecule has 0 amide bonds. The molecule has 1 aromatic rings. The van der Waals surface area contributed by atoms with Gasteiger partial charge in [0, 0.05) is 12.1 Å². The van der Waals surface area contributed by atoms with Gasteiger partial charge in [-0.3, -0.25) is 4.90 Å². The van der Waals surface area contributed by atoms with Crippen molar-refractivity contribution < 1.29 is 0 Å². The SMILES string of the molecule is CCN(CC)C1(CN)C2CCC1Cc1ccccc1C2. The summed E-state index contributed by atoms with van der Waals surface area (Å²) in [4.78, 5) is 2.67. The summed E-state index contributed by atoms with van der Waals surface area (Å²) in [6.45, 7) is 7.64. The molecule has 3 rings (SSSR count). The summed E-state index contributed by atoms with van der Waals surface area (Å²) in [5, 5.41) is 0. The van der Waals surface area contributed by atoms with Crippen LogP contribution in [0, 0.1) is 11.8 Å². The van der Waals surface area contributed by atoms with Gasteiger partial charge in [-0.15, -0.1) is 0 Å². The fourth-order valence-corrected chi connectivity index (χ4v) is 5.07. The van der Waals surface area contributed by atoms with Gasteiger partial charge in [-0.05, 0) is 61.7 Å². The van der Waals surface area contributed by atoms with E-state index < -0.39 is 0 Å². The molecular formula is C18H28N2. The molecule has 0 heterocycles. The molecule has 0 radical (unpaired) electrons. The van der Waals surface area contributed by atoms with Gasteiger partial charge >= 0.3 is 0 Å². The van der Waals surface area contributed by atoms with Crippen LogP contribution in [-0.4, -0.2) is 30.1 Å². The monoisotopic (exact) mass is 272 g/mol. The molecule has 1 saturated carbocycles. The minimum atomic E-state index is 0.239. The molecule has 0 saturated heterocycles. The van der Waals surface area contributed by atoms with E-state index in [1.165, 1.54) is 25.7 Å². The number of likely N-dealkylation sites (N-methyl/N-ethyl adjacent to an activating group) is 1. The number of hydrogen-bond acceptors (Lipinski definition) is 2. The Labute approximate surface area is 123 Å². The first kappa shape index (κ1) is 14.1. The van der Waals surface area contributed by atoms with E-state index >= 15 is 0 Å². The van der Waals surface area contributed by atoms with E-state index in [2.05, 4.69) is 43.0 Å².